The largest absolute Gasteiger partial charge is 0.342 e. The summed E-state index contributed by atoms with van der Waals surface area (Å²) in [4.78, 5) is 15.0. The molecule has 4 unspecified atom stereocenters. The molecule has 1 saturated carbocycles. The molecule has 1 heterocycles. The van der Waals surface area contributed by atoms with Gasteiger partial charge in [0.2, 0.25) is 5.91 Å². The summed E-state index contributed by atoms with van der Waals surface area (Å²) in [6.07, 6.45) is 4.27. The Labute approximate surface area is 130 Å². The van der Waals surface area contributed by atoms with Crippen LogP contribution in [0.1, 0.15) is 60.3 Å². The molecule has 122 valence electrons. The van der Waals surface area contributed by atoms with E-state index in [-0.39, 0.29) is 12.0 Å². The molecule has 0 radical (unpaired) electrons. The number of rotatable bonds is 1. The maximum atomic E-state index is 12.8. The van der Waals surface area contributed by atoms with E-state index in [2.05, 4.69) is 39.5 Å². The third kappa shape index (κ3) is 3.80. The molecular weight excluding hydrogens is 260 g/mol. The zero-order valence-corrected chi connectivity index (χ0v) is 14.6. The second kappa shape index (κ2) is 6.28. The van der Waals surface area contributed by atoms with E-state index in [4.69, 9.17) is 5.73 Å². The summed E-state index contributed by atoms with van der Waals surface area (Å²) in [5.41, 5.74) is 6.57. The van der Waals surface area contributed by atoms with Crippen molar-refractivity contribution >= 4 is 5.91 Å². The van der Waals surface area contributed by atoms with Gasteiger partial charge in [-0.25, -0.2) is 0 Å². The van der Waals surface area contributed by atoms with E-state index in [0.717, 1.165) is 44.7 Å². The Morgan fingerprint density at radius 3 is 2.14 bits per heavy atom. The van der Waals surface area contributed by atoms with Crippen LogP contribution in [-0.4, -0.2) is 29.9 Å². The van der Waals surface area contributed by atoms with E-state index < -0.39 is 0 Å². The summed E-state index contributed by atoms with van der Waals surface area (Å²) in [5.74, 6) is 2.30. The van der Waals surface area contributed by atoms with Crippen molar-refractivity contribution in [3.63, 3.8) is 0 Å². The zero-order chi connectivity index (χ0) is 15.8. The summed E-state index contributed by atoms with van der Waals surface area (Å²) >= 11 is 0. The number of carbonyl (C=O) groups is 1. The first-order valence-electron chi connectivity index (χ1n) is 8.74. The Morgan fingerprint density at radius 2 is 1.62 bits per heavy atom. The first kappa shape index (κ1) is 16.8. The highest BCUT2D eigenvalue weighted by atomic mass is 16.2. The van der Waals surface area contributed by atoms with Crippen molar-refractivity contribution in [3.8, 4) is 0 Å². The molecule has 1 aliphatic heterocycles. The van der Waals surface area contributed by atoms with Crippen molar-refractivity contribution in [2.45, 2.75) is 66.3 Å². The molecule has 1 saturated heterocycles. The van der Waals surface area contributed by atoms with Crippen molar-refractivity contribution in [2.24, 2.45) is 34.8 Å². The zero-order valence-electron chi connectivity index (χ0n) is 14.6. The highest BCUT2D eigenvalue weighted by Crippen LogP contribution is 2.37. The predicted molar refractivity (Wildman–Crippen MR) is 87.8 cm³/mol. The van der Waals surface area contributed by atoms with Crippen molar-refractivity contribution in [1.29, 1.82) is 0 Å². The van der Waals surface area contributed by atoms with Crippen LogP contribution in [0, 0.1) is 29.1 Å². The molecule has 21 heavy (non-hydrogen) atoms. The van der Waals surface area contributed by atoms with Crippen LogP contribution in [0.2, 0.25) is 0 Å². The second-order valence-electron chi connectivity index (χ2n) is 8.66. The van der Waals surface area contributed by atoms with E-state index in [1.807, 2.05) is 0 Å². The third-order valence-electron chi connectivity index (χ3n) is 6.04. The minimum absolute atomic E-state index is 0.155. The summed E-state index contributed by atoms with van der Waals surface area (Å²) in [7, 11) is 0. The van der Waals surface area contributed by atoms with Crippen LogP contribution in [0.3, 0.4) is 0 Å². The molecule has 4 atom stereocenters. The summed E-state index contributed by atoms with van der Waals surface area (Å²) in [5, 5.41) is 0. The van der Waals surface area contributed by atoms with Gasteiger partial charge in [0, 0.05) is 25.0 Å². The fourth-order valence-corrected chi connectivity index (χ4v) is 4.23. The number of carbonyl (C=O) groups excluding carboxylic acids is 1. The van der Waals surface area contributed by atoms with Crippen molar-refractivity contribution in [3.05, 3.63) is 0 Å². The van der Waals surface area contributed by atoms with E-state index in [9.17, 15) is 4.79 Å². The van der Waals surface area contributed by atoms with Crippen molar-refractivity contribution in [2.75, 3.05) is 13.1 Å². The van der Waals surface area contributed by atoms with Crippen LogP contribution in [0.5, 0.6) is 0 Å². The molecule has 0 spiro atoms. The third-order valence-corrected chi connectivity index (χ3v) is 6.04. The highest BCUT2D eigenvalue weighted by Gasteiger charge is 2.38. The molecule has 0 aromatic heterocycles. The first-order chi connectivity index (χ1) is 9.70. The average molecular weight is 294 g/mol. The fourth-order valence-electron chi connectivity index (χ4n) is 4.23. The molecule has 1 amide bonds. The fraction of sp³-hybridized carbons (Fsp3) is 0.944. The molecule has 0 aromatic carbocycles. The van der Waals surface area contributed by atoms with E-state index in [1.165, 1.54) is 0 Å². The molecular formula is C18H34N2O. The Morgan fingerprint density at radius 1 is 1.05 bits per heavy atom. The molecule has 2 rings (SSSR count). The van der Waals surface area contributed by atoms with Crippen molar-refractivity contribution in [1.82, 2.24) is 4.90 Å². The molecule has 3 heteroatoms. The van der Waals surface area contributed by atoms with Crippen LogP contribution in [-0.2, 0) is 4.79 Å². The summed E-state index contributed by atoms with van der Waals surface area (Å²) < 4.78 is 0. The highest BCUT2D eigenvalue weighted by molar-refractivity contribution is 5.79. The standard InChI is InChI=1S/C18H34N2O/c1-12-10-13(2)16(19)11-15(12)17(21)20-8-6-14(7-9-20)18(3,4)5/h12-16H,6-11,19H2,1-5H3. The second-order valence-corrected chi connectivity index (χ2v) is 8.66. The maximum absolute atomic E-state index is 12.8. The van der Waals surface area contributed by atoms with Crippen LogP contribution >= 0.6 is 0 Å². The number of amides is 1. The Bertz CT molecular complexity index is 366. The minimum atomic E-state index is 0.155. The SMILES string of the molecule is CC1CC(C)C(C(=O)N2CCC(C(C)(C)C)CC2)CC1N. The van der Waals surface area contributed by atoms with Gasteiger partial charge in [-0.05, 0) is 48.9 Å². The lowest BCUT2D eigenvalue weighted by atomic mass is 9.71. The quantitative estimate of drug-likeness (QED) is 0.806. The van der Waals surface area contributed by atoms with Gasteiger partial charge in [-0.15, -0.1) is 0 Å². The molecule has 2 N–H and O–H groups in total. The van der Waals surface area contributed by atoms with Crippen LogP contribution < -0.4 is 5.73 Å². The number of piperidine rings is 1. The topological polar surface area (TPSA) is 46.3 Å². The van der Waals surface area contributed by atoms with Crippen molar-refractivity contribution < 1.29 is 4.79 Å². The van der Waals surface area contributed by atoms with Gasteiger partial charge in [-0.2, -0.15) is 0 Å². The Balaban J connectivity index is 1.93. The van der Waals surface area contributed by atoms with Gasteiger partial charge in [-0.1, -0.05) is 34.6 Å². The van der Waals surface area contributed by atoms with Gasteiger partial charge in [-0.3, -0.25) is 4.79 Å². The number of hydrogen-bond donors (Lipinski definition) is 1. The molecule has 3 nitrogen and oxygen atoms in total. The van der Waals surface area contributed by atoms with E-state index >= 15 is 0 Å². The molecule has 2 aliphatic rings. The van der Waals surface area contributed by atoms with Crippen LogP contribution in [0.25, 0.3) is 0 Å². The van der Waals surface area contributed by atoms with Gasteiger partial charge in [0.15, 0.2) is 0 Å². The average Bonchev–Trinajstić information content (AvgIpc) is 2.41. The molecule has 2 fully saturated rings. The Hall–Kier alpha value is -0.570. The monoisotopic (exact) mass is 294 g/mol. The van der Waals surface area contributed by atoms with Crippen LogP contribution in [0.4, 0.5) is 0 Å². The lowest BCUT2D eigenvalue weighted by Gasteiger charge is -2.42. The summed E-state index contributed by atoms with van der Waals surface area (Å²) in [6.45, 7) is 13.3. The van der Waals surface area contributed by atoms with E-state index in [0.29, 0.717) is 23.2 Å². The summed E-state index contributed by atoms with van der Waals surface area (Å²) in [6, 6.07) is 0.197. The lowest BCUT2D eigenvalue weighted by Crippen LogP contribution is -2.49. The van der Waals surface area contributed by atoms with Crippen LogP contribution in [0.15, 0.2) is 0 Å². The minimum Gasteiger partial charge on any atom is -0.342 e. The Kier molecular flexibility index (Phi) is 5.02. The lowest BCUT2D eigenvalue weighted by molar-refractivity contribution is -0.141. The van der Waals surface area contributed by atoms with Gasteiger partial charge in [0.1, 0.15) is 0 Å². The number of likely N-dealkylation sites (tertiary alicyclic amines) is 1. The molecule has 0 aromatic rings. The number of hydrogen-bond acceptors (Lipinski definition) is 2. The molecule has 0 bridgehead atoms. The molecule has 1 aliphatic carbocycles. The van der Waals surface area contributed by atoms with E-state index in [1.54, 1.807) is 0 Å². The normalized spacial score (nSPS) is 35.8. The van der Waals surface area contributed by atoms with Gasteiger partial charge < -0.3 is 10.6 Å². The predicted octanol–water partition coefficient (Wildman–Crippen LogP) is 3.28. The smallest absolute Gasteiger partial charge is 0.226 e. The van der Waals surface area contributed by atoms with Gasteiger partial charge in [0.25, 0.3) is 0 Å². The maximum Gasteiger partial charge on any atom is 0.226 e. The van der Waals surface area contributed by atoms with Gasteiger partial charge in [0.05, 0.1) is 0 Å². The van der Waals surface area contributed by atoms with Gasteiger partial charge >= 0.3 is 0 Å². The first-order valence-corrected chi connectivity index (χ1v) is 8.74. The number of nitrogens with zero attached hydrogens (tertiary/aromatic N) is 1. The number of nitrogens with two attached hydrogens (primary N) is 1.